The largest absolute Gasteiger partial charge is 0.508 e. The molecular formula is C9H9NO6. The predicted molar refractivity (Wildman–Crippen MR) is 51.4 cm³/mol. The molecule has 0 amide bonds. The summed E-state index contributed by atoms with van der Waals surface area (Å²) in [5.41, 5.74) is -0.827. The molecule has 0 spiro atoms. The highest BCUT2D eigenvalue weighted by Crippen LogP contribution is 2.12. The van der Waals surface area contributed by atoms with Crippen molar-refractivity contribution in [2.45, 2.75) is 13.0 Å². The Labute approximate surface area is 89.2 Å². The lowest BCUT2D eigenvalue weighted by Crippen LogP contribution is -2.35. The maximum atomic E-state index is 11.4. The average molecular weight is 227 g/mol. The lowest BCUT2D eigenvalue weighted by Gasteiger charge is -2.14. The number of aryl methyl sites for hydroxylation is 1. The summed E-state index contributed by atoms with van der Waals surface area (Å²) >= 11 is 0. The number of nitrogens with zero attached hydrogens (tertiary/aromatic N) is 1. The maximum absolute atomic E-state index is 11.4. The number of aliphatic carboxylic acids is 2. The smallest absolute Gasteiger partial charge is 0.338 e. The van der Waals surface area contributed by atoms with Crippen LogP contribution in [0.4, 0.5) is 0 Å². The molecule has 3 N–H and O–H groups in total. The molecule has 0 fully saturated rings. The van der Waals surface area contributed by atoms with E-state index in [-0.39, 0.29) is 11.4 Å². The minimum Gasteiger partial charge on any atom is -0.508 e. The second kappa shape index (κ2) is 4.05. The first kappa shape index (κ1) is 11.8. The molecule has 0 aliphatic carbocycles. The standard InChI is InChI=1S/C9H9NO6/c1-4-2-5(11)3-6(12)10(4)7(8(13)14)9(15)16/h2-3,7,11H,1H3,(H,13,14)(H,15,16). The molecule has 0 radical (unpaired) electrons. The highest BCUT2D eigenvalue weighted by Gasteiger charge is 2.29. The Hall–Kier alpha value is -2.31. The molecule has 1 aromatic heterocycles. The molecule has 1 rings (SSSR count). The van der Waals surface area contributed by atoms with E-state index in [1.54, 1.807) is 0 Å². The molecule has 16 heavy (non-hydrogen) atoms. The van der Waals surface area contributed by atoms with Crippen LogP contribution in [0.5, 0.6) is 5.75 Å². The SMILES string of the molecule is Cc1cc(O)cc(=O)n1C(C(=O)O)C(=O)O. The van der Waals surface area contributed by atoms with Crippen molar-refractivity contribution in [3.8, 4) is 5.75 Å². The van der Waals surface area contributed by atoms with Gasteiger partial charge in [0.15, 0.2) is 0 Å². The van der Waals surface area contributed by atoms with Gasteiger partial charge in [-0.15, -0.1) is 0 Å². The van der Waals surface area contributed by atoms with E-state index in [9.17, 15) is 14.4 Å². The molecule has 7 nitrogen and oxygen atoms in total. The van der Waals surface area contributed by atoms with Crippen LogP contribution in [0.3, 0.4) is 0 Å². The molecular weight excluding hydrogens is 218 g/mol. The van der Waals surface area contributed by atoms with E-state index in [1.807, 2.05) is 0 Å². The molecule has 0 saturated carbocycles. The van der Waals surface area contributed by atoms with E-state index < -0.39 is 23.5 Å². The molecule has 1 aromatic rings. The Morgan fingerprint density at radius 1 is 1.25 bits per heavy atom. The second-order valence-electron chi connectivity index (χ2n) is 3.14. The number of rotatable bonds is 3. The van der Waals surface area contributed by atoms with E-state index in [0.717, 1.165) is 12.1 Å². The zero-order valence-electron chi connectivity index (χ0n) is 8.25. The minimum atomic E-state index is -1.99. The van der Waals surface area contributed by atoms with Crippen LogP contribution in [0.2, 0.25) is 0 Å². The fourth-order valence-corrected chi connectivity index (χ4v) is 1.35. The number of carbonyl (C=O) groups is 2. The topological polar surface area (TPSA) is 117 Å². The van der Waals surface area contributed by atoms with Crippen molar-refractivity contribution in [1.82, 2.24) is 4.57 Å². The van der Waals surface area contributed by atoms with Gasteiger partial charge in [0.2, 0.25) is 6.04 Å². The summed E-state index contributed by atoms with van der Waals surface area (Å²) in [6.45, 7) is 1.33. The molecule has 0 atom stereocenters. The Morgan fingerprint density at radius 3 is 2.12 bits per heavy atom. The highest BCUT2D eigenvalue weighted by atomic mass is 16.4. The van der Waals surface area contributed by atoms with Gasteiger partial charge in [-0.05, 0) is 13.0 Å². The molecule has 0 unspecified atom stereocenters. The quantitative estimate of drug-likeness (QED) is 0.603. The summed E-state index contributed by atoms with van der Waals surface area (Å²) in [6, 6.07) is -0.125. The van der Waals surface area contributed by atoms with Gasteiger partial charge in [-0.2, -0.15) is 0 Å². The van der Waals surface area contributed by atoms with E-state index in [0.29, 0.717) is 4.57 Å². The highest BCUT2D eigenvalue weighted by molar-refractivity contribution is 5.95. The van der Waals surface area contributed by atoms with E-state index in [1.165, 1.54) is 6.92 Å². The predicted octanol–water partition coefficient (Wildman–Crippen LogP) is -0.427. The summed E-state index contributed by atoms with van der Waals surface area (Å²) in [4.78, 5) is 32.8. The Balaban J connectivity index is 3.47. The number of pyridine rings is 1. The van der Waals surface area contributed by atoms with Crippen LogP contribution in [0, 0.1) is 6.92 Å². The molecule has 0 aromatic carbocycles. The van der Waals surface area contributed by atoms with Crippen molar-refractivity contribution in [2.24, 2.45) is 0 Å². The molecule has 0 bridgehead atoms. The van der Waals surface area contributed by atoms with E-state index >= 15 is 0 Å². The fourth-order valence-electron chi connectivity index (χ4n) is 1.35. The van der Waals surface area contributed by atoms with Crippen LogP contribution in [0.25, 0.3) is 0 Å². The third kappa shape index (κ3) is 2.02. The zero-order chi connectivity index (χ0) is 12.5. The Morgan fingerprint density at radius 2 is 1.75 bits per heavy atom. The van der Waals surface area contributed by atoms with Crippen molar-refractivity contribution in [3.05, 3.63) is 28.2 Å². The minimum absolute atomic E-state index is 0.0554. The lowest BCUT2D eigenvalue weighted by molar-refractivity contribution is -0.153. The first-order valence-electron chi connectivity index (χ1n) is 4.22. The Kier molecular flexibility index (Phi) is 2.98. The molecule has 0 aliphatic heterocycles. The van der Waals surface area contributed by atoms with Gasteiger partial charge < -0.3 is 15.3 Å². The Bertz CT molecular complexity index is 489. The second-order valence-corrected chi connectivity index (χ2v) is 3.14. The van der Waals surface area contributed by atoms with Crippen LogP contribution in [0.1, 0.15) is 11.7 Å². The van der Waals surface area contributed by atoms with Gasteiger partial charge in [0.25, 0.3) is 5.56 Å². The third-order valence-corrected chi connectivity index (χ3v) is 1.97. The number of hydrogen-bond donors (Lipinski definition) is 3. The first-order chi connectivity index (χ1) is 7.34. The lowest BCUT2D eigenvalue weighted by atomic mass is 10.2. The third-order valence-electron chi connectivity index (χ3n) is 1.97. The number of hydrogen-bond acceptors (Lipinski definition) is 4. The summed E-state index contributed by atoms with van der Waals surface area (Å²) in [6.07, 6.45) is 0. The number of carboxylic acid groups (broad SMARTS) is 2. The van der Waals surface area contributed by atoms with Crippen LogP contribution >= 0.6 is 0 Å². The van der Waals surface area contributed by atoms with Crippen LogP contribution in [0.15, 0.2) is 16.9 Å². The summed E-state index contributed by atoms with van der Waals surface area (Å²) < 4.78 is 0.588. The van der Waals surface area contributed by atoms with Gasteiger partial charge in [-0.3, -0.25) is 9.36 Å². The summed E-state index contributed by atoms with van der Waals surface area (Å²) in [7, 11) is 0. The van der Waals surface area contributed by atoms with Gasteiger partial charge in [0.1, 0.15) is 5.75 Å². The monoisotopic (exact) mass is 227 g/mol. The van der Waals surface area contributed by atoms with Gasteiger partial charge in [-0.25, -0.2) is 9.59 Å². The normalized spacial score (nSPS) is 10.4. The van der Waals surface area contributed by atoms with Crippen LogP contribution in [-0.4, -0.2) is 31.8 Å². The van der Waals surface area contributed by atoms with E-state index in [4.69, 9.17) is 15.3 Å². The van der Waals surface area contributed by atoms with Crippen LogP contribution < -0.4 is 5.56 Å². The van der Waals surface area contributed by atoms with Gasteiger partial charge in [0, 0.05) is 11.8 Å². The average Bonchev–Trinajstić information content (AvgIpc) is 2.09. The van der Waals surface area contributed by atoms with Gasteiger partial charge in [-0.1, -0.05) is 0 Å². The number of carboxylic acids is 2. The van der Waals surface area contributed by atoms with E-state index in [2.05, 4.69) is 0 Å². The fraction of sp³-hybridized carbons (Fsp3) is 0.222. The van der Waals surface area contributed by atoms with Crippen molar-refractivity contribution in [3.63, 3.8) is 0 Å². The summed E-state index contributed by atoms with van der Waals surface area (Å²) in [5.74, 6) is -3.64. The first-order valence-corrected chi connectivity index (χ1v) is 4.22. The maximum Gasteiger partial charge on any atom is 0.338 e. The molecule has 0 saturated heterocycles. The number of aromatic nitrogens is 1. The molecule has 0 aliphatic rings. The van der Waals surface area contributed by atoms with Crippen molar-refractivity contribution in [1.29, 1.82) is 0 Å². The van der Waals surface area contributed by atoms with Gasteiger partial charge >= 0.3 is 11.9 Å². The zero-order valence-corrected chi connectivity index (χ0v) is 8.25. The molecule has 86 valence electrons. The van der Waals surface area contributed by atoms with Crippen molar-refractivity contribution < 1.29 is 24.9 Å². The van der Waals surface area contributed by atoms with Gasteiger partial charge in [0.05, 0.1) is 0 Å². The van der Waals surface area contributed by atoms with Crippen molar-refractivity contribution in [2.75, 3.05) is 0 Å². The summed E-state index contributed by atoms with van der Waals surface area (Å²) in [5, 5.41) is 26.5. The number of aromatic hydroxyl groups is 1. The van der Waals surface area contributed by atoms with Crippen molar-refractivity contribution >= 4 is 11.9 Å². The van der Waals surface area contributed by atoms with Crippen LogP contribution in [-0.2, 0) is 9.59 Å². The molecule has 1 heterocycles. The molecule has 7 heteroatoms.